The molecule has 0 bridgehead atoms. The summed E-state index contributed by atoms with van der Waals surface area (Å²) in [5, 5.41) is 9.21. The molecule has 3 aromatic carbocycles. The second kappa shape index (κ2) is 7.98. The van der Waals surface area contributed by atoms with E-state index in [-0.39, 0.29) is 6.42 Å². The first kappa shape index (κ1) is 17.9. The molecule has 3 aromatic rings. The van der Waals surface area contributed by atoms with E-state index >= 15 is 0 Å². The van der Waals surface area contributed by atoms with E-state index in [4.69, 9.17) is 4.74 Å². The van der Waals surface area contributed by atoms with E-state index < -0.39 is 17.7 Å². The molecule has 3 nitrogen and oxygen atoms in total. The van der Waals surface area contributed by atoms with Crippen LogP contribution < -0.4 is 0 Å². The van der Waals surface area contributed by atoms with E-state index in [9.17, 15) is 9.90 Å². The molecule has 1 N–H and O–H groups in total. The van der Waals surface area contributed by atoms with Crippen LogP contribution in [0.1, 0.15) is 30.0 Å². The average Bonchev–Trinajstić information content (AvgIpc) is 2.67. The summed E-state index contributed by atoms with van der Waals surface area (Å²) in [5.41, 5.74) is 2.03. The third kappa shape index (κ3) is 3.68. The zero-order valence-corrected chi connectivity index (χ0v) is 14.7. The molecule has 132 valence electrons. The fraction of sp³-hybridized carbons (Fsp3) is 0.174. The van der Waals surface area contributed by atoms with Crippen molar-refractivity contribution in [3.63, 3.8) is 0 Å². The number of rotatable bonds is 7. The van der Waals surface area contributed by atoms with Crippen LogP contribution in [0.3, 0.4) is 0 Å². The lowest BCUT2D eigenvalue weighted by Crippen LogP contribution is -2.36. The van der Waals surface area contributed by atoms with Crippen LogP contribution in [-0.2, 0) is 15.1 Å². The van der Waals surface area contributed by atoms with Crippen LogP contribution in [0.15, 0.2) is 91.0 Å². The van der Waals surface area contributed by atoms with Gasteiger partial charge in [-0.3, -0.25) is 4.79 Å². The van der Waals surface area contributed by atoms with Gasteiger partial charge >= 0.3 is 5.97 Å². The molecule has 0 aliphatic carbocycles. The van der Waals surface area contributed by atoms with Crippen molar-refractivity contribution in [3.05, 3.63) is 108 Å². The Morgan fingerprint density at radius 2 is 1.15 bits per heavy atom. The predicted molar refractivity (Wildman–Crippen MR) is 102 cm³/mol. The molecule has 1 unspecified atom stereocenters. The van der Waals surface area contributed by atoms with Gasteiger partial charge in [-0.15, -0.1) is 0 Å². The van der Waals surface area contributed by atoms with Crippen LogP contribution in [0.4, 0.5) is 0 Å². The quantitative estimate of drug-likeness (QED) is 0.622. The van der Waals surface area contributed by atoms with Crippen LogP contribution in [0.5, 0.6) is 0 Å². The van der Waals surface area contributed by atoms with Crippen molar-refractivity contribution in [2.75, 3.05) is 0 Å². The number of aliphatic carboxylic acids is 1. The summed E-state index contributed by atoms with van der Waals surface area (Å²) in [6.45, 7) is 1.80. The van der Waals surface area contributed by atoms with Gasteiger partial charge in [-0.05, 0) is 23.6 Å². The van der Waals surface area contributed by atoms with Gasteiger partial charge in [0.15, 0.2) is 0 Å². The molecule has 0 aromatic heterocycles. The molecule has 0 fully saturated rings. The third-order valence-corrected chi connectivity index (χ3v) is 4.38. The number of carbonyl (C=O) groups is 1. The molecule has 3 rings (SSSR count). The van der Waals surface area contributed by atoms with Gasteiger partial charge < -0.3 is 9.84 Å². The van der Waals surface area contributed by atoms with E-state index in [1.807, 2.05) is 91.0 Å². The summed E-state index contributed by atoms with van der Waals surface area (Å²) >= 11 is 0. The minimum Gasteiger partial charge on any atom is -0.481 e. The topological polar surface area (TPSA) is 46.5 Å². The summed E-state index contributed by atoms with van der Waals surface area (Å²) in [4.78, 5) is 11.2. The first-order valence-electron chi connectivity index (χ1n) is 8.69. The largest absolute Gasteiger partial charge is 0.481 e. The summed E-state index contributed by atoms with van der Waals surface area (Å²) in [7, 11) is 0. The maximum atomic E-state index is 11.2. The molecule has 0 saturated carbocycles. The van der Waals surface area contributed by atoms with Gasteiger partial charge in [-0.25, -0.2) is 0 Å². The van der Waals surface area contributed by atoms with E-state index in [1.165, 1.54) is 0 Å². The van der Waals surface area contributed by atoms with Crippen LogP contribution in [-0.4, -0.2) is 17.2 Å². The highest BCUT2D eigenvalue weighted by molar-refractivity contribution is 5.67. The van der Waals surface area contributed by atoms with Crippen molar-refractivity contribution in [1.29, 1.82) is 0 Å². The molecular weight excluding hydrogens is 324 g/mol. The highest BCUT2D eigenvalue weighted by Gasteiger charge is 2.39. The maximum absolute atomic E-state index is 11.2. The van der Waals surface area contributed by atoms with Gasteiger partial charge in [0, 0.05) is 0 Å². The number of carboxylic acid groups (broad SMARTS) is 1. The smallest absolute Gasteiger partial charge is 0.305 e. The Kier molecular flexibility index (Phi) is 5.49. The predicted octanol–water partition coefficient (Wildman–Crippen LogP) is 4.86. The molecule has 0 spiro atoms. The molecule has 3 heteroatoms. The van der Waals surface area contributed by atoms with Crippen LogP contribution in [0.2, 0.25) is 0 Å². The highest BCUT2D eigenvalue weighted by Crippen LogP contribution is 2.41. The summed E-state index contributed by atoms with van der Waals surface area (Å²) in [6, 6.07) is 29.9. The standard InChI is InChI=1S/C23H22O3/c1-18(17-22(24)25)26-23(19-11-5-2-6-12-19,20-13-7-3-8-14-20)21-15-9-4-10-16-21/h2-16,18H,17H2,1H3,(H,24,25). The molecule has 1 atom stereocenters. The Labute approximate surface area is 153 Å². The lowest BCUT2D eigenvalue weighted by atomic mass is 9.80. The summed E-state index contributed by atoms with van der Waals surface area (Å²) < 4.78 is 6.53. The fourth-order valence-corrected chi connectivity index (χ4v) is 3.31. The van der Waals surface area contributed by atoms with Crippen molar-refractivity contribution >= 4 is 5.97 Å². The second-order valence-electron chi connectivity index (χ2n) is 6.31. The van der Waals surface area contributed by atoms with Crippen molar-refractivity contribution in [2.45, 2.75) is 25.0 Å². The van der Waals surface area contributed by atoms with Crippen LogP contribution in [0, 0.1) is 0 Å². The Balaban J connectivity index is 2.23. The van der Waals surface area contributed by atoms with Gasteiger partial charge in [-0.1, -0.05) is 91.0 Å². The first-order chi connectivity index (χ1) is 12.6. The Bertz CT molecular complexity index is 732. The molecule has 0 aliphatic heterocycles. The van der Waals surface area contributed by atoms with Crippen molar-refractivity contribution in [2.24, 2.45) is 0 Å². The monoisotopic (exact) mass is 346 g/mol. The van der Waals surface area contributed by atoms with E-state index in [0.29, 0.717) is 0 Å². The van der Waals surface area contributed by atoms with Gasteiger partial charge in [0.05, 0.1) is 12.5 Å². The molecule has 0 aliphatic rings. The Morgan fingerprint density at radius 3 is 1.46 bits per heavy atom. The Hall–Kier alpha value is -2.91. The first-order valence-corrected chi connectivity index (χ1v) is 8.69. The molecule has 26 heavy (non-hydrogen) atoms. The minimum absolute atomic E-state index is 0.0613. The van der Waals surface area contributed by atoms with Gasteiger partial charge in [0.25, 0.3) is 0 Å². The van der Waals surface area contributed by atoms with Crippen molar-refractivity contribution in [1.82, 2.24) is 0 Å². The van der Waals surface area contributed by atoms with E-state index in [1.54, 1.807) is 6.92 Å². The van der Waals surface area contributed by atoms with Gasteiger partial charge in [-0.2, -0.15) is 0 Å². The van der Waals surface area contributed by atoms with Crippen molar-refractivity contribution in [3.8, 4) is 0 Å². The Morgan fingerprint density at radius 1 is 0.808 bits per heavy atom. The minimum atomic E-state index is -0.876. The van der Waals surface area contributed by atoms with Crippen LogP contribution in [0.25, 0.3) is 0 Å². The lowest BCUT2D eigenvalue weighted by molar-refractivity contribution is -0.142. The summed E-state index contributed by atoms with van der Waals surface area (Å²) in [5.74, 6) is -0.874. The van der Waals surface area contributed by atoms with E-state index in [0.717, 1.165) is 16.7 Å². The average molecular weight is 346 g/mol. The fourth-order valence-electron chi connectivity index (χ4n) is 3.31. The highest BCUT2D eigenvalue weighted by atomic mass is 16.5. The zero-order chi connectivity index (χ0) is 18.4. The number of carboxylic acids is 1. The summed E-state index contributed by atoms with van der Waals surface area (Å²) in [6.07, 6.45) is -0.526. The van der Waals surface area contributed by atoms with Gasteiger partial charge in [0.2, 0.25) is 0 Å². The normalized spacial score (nSPS) is 12.5. The van der Waals surface area contributed by atoms with Crippen molar-refractivity contribution < 1.29 is 14.6 Å². The molecule has 0 amide bonds. The molecule has 0 radical (unpaired) electrons. The number of ether oxygens (including phenoxy) is 1. The van der Waals surface area contributed by atoms with Crippen LogP contribution >= 0.6 is 0 Å². The zero-order valence-electron chi connectivity index (χ0n) is 14.7. The molecule has 0 saturated heterocycles. The third-order valence-electron chi connectivity index (χ3n) is 4.38. The number of benzene rings is 3. The SMILES string of the molecule is CC(CC(=O)O)OC(c1ccccc1)(c1ccccc1)c1ccccc1. The lowest BCUT2D eigenvalue weighted by Gasteiger charge is -2.38. The number of hydrogen-bond acceptors (Lipinski definition) is 2. The number of hydrogen-bond donors (Lipinski definition) is 1. The molecular formula is C23H22O3. The second-order valence-corrected chi connectivity index (χ2v) is 6.31. The molecule has 0 heterocycles. The maximum Gasteiger partial charge on any atom is 0.305 e. The van der Waals surface area contributed by atoms with E-state index in [2.05, 4.69) is 0 Å². The van der Waals surface area contributed by atoms with Gasteiger partial charge in [0.1, 0.15) is 5.60 Å².